The van der Waals surface area contributed by atoms with E-state index in [1.807, 2.05) is 0 Å². The predicted molar refractivity (Wildman–Crippen MR) is 76.0 cm³/mol. The summed E-state index contributed by atoms with van der Waals surface area (Å²) in [7, 11) is 0. The highest BCUT2D eigenvalue weighted by Crippen LogP contribution is 2.25. The average Bonchev–Trinajstić information content (AvgIpc) is 2.82. The van der Waals surface area contributed by atoms with Crippen LogP contribution in [0.2, 0.25) is 0 Å². The van der Waals surface area contributed by atoms with Gasteiger partial charge in [0.05, 0.1) is 0 Å². The second kappa shape index (κ2) is 5.61. The van der Waals surface area contributed by atoms with Gasteiger partial charge < -0.3 is 9.88 Å². The third-order valence-electron chi connectivity index (χ3n) is 4.92. The summed E-state index contributed by atoms with van der Waals surface area (Å²) in [5, 5.41) is 12.4. The number of nitrogens with zero attached hydrogens (tertiary/aromatic N) is 3. The van der Waals surface area contributed by atoms with Gasteiger partial charge in [0, 0.05) is 19.4 Å². The van der Waals surface area contributed by atoms with Crippen LogP contribution in [0.4, 0.5) is 0 Å². The number of nitrogens with one attached hydrogen (secondary N) is 1. The Morgan fingerprint density at radius 3 is 3.05 bits per heavy atom. The van der Waals surface area contributed by atoms with E-state index in [1.54, 1.807) is 0 Å². The fourth-order valence-corrected chi connectivity index (χ4v) is 3.51. The van der Waals surface area contributed by atoms with E-state index in [0.717, 1.165) is 31.2 Å². The van der Waals surface area contributed by atoms with Crippen LogP contribution in [0.15, 0.2) is 0 Å². The monoisotopic (exact) mass is 262 g/mol. The van der Waals surface area contributed by atoms with E-state index in [9.17, 15) is 0 Å². The lowest BCUT2D eigenvalue weighted by Crippen LogP contribution is -2.34. The summed E-state index contributed by atoms with van der Waals surface area (Å²) in [6.07, 6.45) is 6.16. The molecule has 3 atom stereocenters. The van der Waals surface area contributed by atoms with Gasteiger partial charge in [-0.3, -0.25) is 0 Å². The molecule has 4 nitrogen and oxygen atoms in total. The summed E-state index contributed by atoms with van der Waals surface area (Å²) in [6.45, 7) is 8.19. The molecule has 4 heteroatoms. The summed E-state index contributed by atoms with van der Waals surface area (Å²) in [4.78, 5) is 0. The molecule has 1 fully saturated rings. The molecule has 0 aromatic carbocycles. The van der Waals surface area contributed by atoms with Gasteiger partial charge >= 0.3 is 0 Å². The summed E-state index contributed by atoms with van der Waals surface area (Å²) in [6, 6.07) is 0. The maximum Gasteiger partial charge on any atom is 0.133 e. The first-order valence-electron chi connectivity index (χ1n) is 7.85. The third kappa shape index (κ3) is 2.83. The SMILES string of the molecule is CC1CCn2c(nnc2CC(C)C2CCCNC2)C1. The largest absolute Gasteiger partial charge is 0.316 e. The van der Waals surface area contributed by atoms with Crippen molar-refractivity contribution in [1.29, 1.82) is 0 Å². The zero-order chi connectivity index (χ0) is 13.2. The molecule has 106 valence electrons. The minimum Gasteiger partial charge on any atom is -0.316 e. The molecule has 0 aliphatic carbocycles. The van der Waals surface area contributed by atoms with Crippen molar-refractivity contribution in [1.82, 2.24) is 20.1 Å². The lowest BCUT2D eigenvalue weighted by atomic mass is 9.85. The Morgan fingerprint density at radius 1 is 1.37 bits per heavy atom. The molecule has 1 N–H and O–H groups in total. The van der Waals surface area contributed by atoms with Crippen molar-refractivity contribution in [3.63, 3.8) is 0 Å². The van der Waals surface area contributed by atoms with E-state index in [0.29, 0.717) is 5.92 Å². The Labute approximate surface area is 116 Å². The molecule has 0 saturated carbocycles. The molecule has 0 spiro atoms. The number of hydrogen-bond donors (Lipinski definition) is 1. The Hall–Kier alpha value is -0.900. The van der Waals surface area contributed by atoms with E-state index in [1.165, 1.54) is 44.0 Å². The highest BCUT2D eigenvalue weighted by atomic mass is 15.3. The molecule has 1 aromatic rings. The Bertz CT molecular complexity index is 420. The Balaban J connectivity index is 1.66. The molecule has 0 radical (unpaired) electrons. The van der Waals surface area contributed by atoms with Crippen molar-refractivity contribution in [3.8, 4) is 0 Å². The molecule has 1 saturated heterocycles. The number of hydrogen-bond acceptors (Lipinski definition) is 3. The van der Waals surface area contributed by atoms with Gasteiger partial charge in [-0.25, -0.2) is 0 Å². The lowest BCUT2D eigenvalue weighted by Gasteiger charge is -2.28. The van der Waals surface area contributed by atoms with Crippen molar-refractivity contribution in [2.24, 2.45) is 17.8 Å². The van der Waals surface area contributed by atoms with Crippen LogP contribution in [-0.2, 0) is 19.4 Å². The van der Waals surface area contributed by atoms with Gasteiger partial charge in [0.15, 0.2) is 0 Å². The van der Waals surface area contributed by atoms with Crippen LogP contribution in [0.3, 0.4) is 0 Å². The standard InChI is InChI=1S/C15H26N4/c1-11-5-7-19-14(8-11)17-18-15(19)9-12(2)13-4-3-6-16-10-13/h11-13,16H,3-10H2,1-2H3. The van der Waals surface area contributed by atoms with E-state index >= 15 is 0 Å². The number of rotatable bonds is 3. The molecule has 3 rings (SSSR count). The zero-order valence-electron chi connectivity index (χ0n) is 12.2. The molecule has 0 amide bonds. The second-order valence-corrected chi connectivity index (χ2v) is 6.57. The third-order valence-corrected chi connectivity index (χ3v) is 4.92. The molecule has 3 heterocycles. The molecule has 1 aromatic heterocycles. The van der Waals surface area contributed by atoms with Crippen LogP contribution < -0.4 is 5.32 Å². The lowest BCUT2D eigenvalue weighted by molar-refractivity contribution is 0.272. The van der Waals surface area contributed by atoms with Crippen LogP contribution >= 0.6 is 0 Å². The summed E-state index contributed by atoms with van der Waals surface area (Å²) >= 11 is 0. The Kier molecular flexibility index (Phi) is 3.87. The molecule has 0 bridgehead atoms. The number of piperidine rings is 1. The summed E-state index contributed by atoms with van der Waals surface area (Å²) in [5.74, 6) is 4.72. The van der Waals surface area contributed by atoms with E-state index < -0.39 is 0 Å². The highest BCUT2D eigenvalue weighted by Gasteiger charge is 2.25. The first kappa shape index (κ1) is 13.1. The summed E-state index contributed by atoms with van der Waals surface area (Å²) < 4.78 is 2.38. The quantitative estimate of drug-likeness (QED) is 0.906. The zero-order valence-corrected chi connectivity index (χ0v) is 12.2. The van der Waals surface area contributed by atoms with Gasteiger partial charge in [0.25, 0.3) is 0 Å². The average molecular weight is 262 g/mol. The minimum absolute atomic E-state index is 0.709. The number of aromatic nitrogens is 3. The topological polar surface area (TPSA) is 42.7 Å². The molecule has 19 heavy (non-hydrogen) atoms. The van der Waals surface area contributed by atoms with Gasteiger partial charge in [-0.15, -0.1) is 10.2 Å². The van der Waals surface area contributed by atoms with Crippen LogP contribution in [-0.4, -0.2) is 27.9 Å². The van der Waals surface area contributed by atoms with Crippen molar-refractivity contribution in [2.45, 2.75) is 52.5 Å². The van der Waals surface area contributed by atoms with Gasteiger partial charge in [-0.1, -0.05) is 13.8 Å². The van der Waals surface area contributed by atoms with E-state index in [-0.39, 0.29) is 0 Å². The van der Waals surface area contributed by atoms with Crippen LogP contribution in [0.5, 0.6) is 0 Å². The van der Waals surface area contributed by atoms with E-state index in [4.69, 9.17) is 0 Å². The molecule has 2 aliphatic rings. The summed E-state index contributed by atoms with van der Waals surface area (Å²) in [5.41, 5.74) is 0. The van der Waals surface area contributed by atoms with Gasteiger partial charge in [-0.05, 0) is 50.1 Å². The highest BCUT2D eigenvalue weighted by molar-refractivity contribution is 5.01. The van der Waals surface area contributed by atoms with Gasteiger partial charge in [0.1, 0.15) is 11.6 Å². The maximum absolute atomic E-state index is 4.46. The van der Waals surface area contributed by atoms with Crippen molar-refractivity contribution < 1.29 is 0 Å². The first-order valence-corrected chi connectivity index (χ1v) is 7.85. The maximum atomic E-state index is 4.46. The van der Waals surface area contributed by atoms with Gasteiger partial charge in [0.2, 0.25) is 0 Å². The minimum atomic E-state index is 0.709. The first-order chi connectivity index (χ1) is 9.24. The van der Waals surface area contributed by atoms with E-state index in [2.05, 4.69) is 33.9 Å². The van der Waals surface area contributed by atoms with Crippen LogP contribution in [0.25, 0.3) is 0 Å². The normalized spacial score (nSPS) is 28.9. The van der Waals surface area contributed by atoms with Crippen LogP contribution in [0, 0.1) is 17.8 Å². The molecular weight excluding hydrogens is 236 g/mol. The van der Waals surface area contributed by atoms with Crippen LogP contribution in [0.1, 0.15) is 44.8 Å². The van der Waals surface area contributed by atoms with Gasteiger partial charge in [-0.2, -0.15) is 0 Å². The van der Waals surface area contributed by atoms with Crippen molar-refractivity contribution in [2.75, 3.05) is 13.1 Å². The second-order valence-electron chi connectivity index (χ2n) is 6.57. The number of fused-ring (bicyclic) bond motifs is 1. The fraction of sp³-hybridized carbons (Fsp3) is 0.867. The van der Waals surface area contributed by atoms with Crippen molar-refractivity contribution >= 4 is 0 Å². The molecular formula is C15H26N4. The molecule has 3 unspecified atom stereocenters. The van der Waals surface area contributed by atoms with Crippen molar-refractivity contribution in [3.05, 3.63) is 11.6 Å². The Morgan fingerprint density at radius 2 is 2.26 bits per heavy atom. The smallest absolute Gasteiger partial charge is 0.133 e. The fourth-order valence-electron chi connectivity index (χ4n) is 3.51. The molecule has 2 aliphatic heterocycles. The predicted octanol–water partition coefficient (Wildman–Crippen LogP) is 2.04.